The molecule has 2 aromatic carbocycles. The van der Waals surface area contributed by atoms with E-state index in [1.807, 2.05) is 42.5 Å². The van der Waals surface area contributed by atoms with Crippen LogP contribution in [0, 0.1) is 39.9 Å². The van der Waals surface area contributed by atoms with Gasteiger partial charge in [-0.25, -0.2) is 0 Å². The van der Waals surface area contributed by atoms with Gasteiger partial charge in [0.25, 0.3) is 0 Å². The number of carbonyl (C=O) groups is 2. The van der Waals surface area contributed by atoms with Gasteiger partial charge in [0.1, 0.15) is 12.5 Å². The summed E-state index contributed by atoms with van der Waals surface area (Å²) in [6, 6.07) is 17.6. The Morgan fingerprint density at radius 3 is 2.63 bits per heavy atom. The van der Waals surface area contributed by atoms with Crippen molar-refractivity contribution >= 4 is 17.5 Å². The monoisotopic (exact) mass is 621 g/mol. The van der Waals surface area contributed by atoms with Gasteiger partial charge in [0, 0.05) is 5.41 Å². The number of anilines is 1. The Kier molecular flexibility index (Phi) is 6.36. The molecule has 1 spiro atoms. The van der Waals surface area contributed by atoms with Crippen molar-refractivity contribution in [3.05, 3.63) is 83.5 Å². The van der Waals surface area contributed by atoms with Crippen LogP contribution in [0.15, 0.2) is 77.9 Å². The number of nitrogens with zero attached hydrogens (tertiary/aromatic N) is 1. The Morgan fingerprint density at radius 2 is 1.83 bits per heavy atom. The zero-order valence-electron chi connectivity index (χ0n) is 26.8. The molecule has 2 amide bonds. The standard InChI is InChI=1S/C39H43NO6/c1-36-20-29-31-33(35(42)40(34(31)41)27-8-4-3-5-9-27)39(36,19-14-26(36)22-44-21-25-10-12-28(43-2)13-11-25)30-15-18-38-17-7-6-16-37(38,32(29)30)23-45-24-46-38/h3-6,8-13,16,26,29,31,33H,7,14-15,17-24H2,1-2H3/t26-,29+,31+,33-,36-,37+,38-,39+/m1/s1. The third-order valence-electron chi connectivity index (χ3n) is 13.7. The molecule has 6 aliphatic carbocycles. The van der Waals surface area contributed by atoms with E-state index in [2.05, 4.69) is 31.2 Å². The van der Waals surface area contributed by atoms with Crippen molar-refractivity contribution in [3.8, 4) is 5.75 Å². The SMILES string of the molecule is COc1ccc(COC[C@H]2CC[C@@]34C5=C([C@@H](C[C@]23C)[C@@H]2C(=O)N(c3ccccc3)C(=O)[C@@H]24)[C@@]23C=CCC[C@]2(CC5)OCOC3)cc1. The van der Waals surface area contributed by atoms with Crippen molar-refractivity contribution in [2.45, 2.75) is 64.1 Å². The fourth-order valence-corrected chi connectivity index (χ4v) is 11.8. The summed E-state index contributed by atoms with van der Waals surface area (Å²) >= 11 is 0. The van der Waals surface area contributed by atoms with Crippen LogP contribution in [0.4, 0.5) is 5.69 Å². The molecule has 2 heterocycles. The molecule has 2 bridgehead atoms. The average Bonchev–Trinajstić information content (AvgIpc) is 3.54. The van der Waals surface area contributed by atoms with Gasteiger partial charge in [0.2, 0.25) is 11.8 Å². The van der Waals surface area contributed by atoms with Crippen LogP contribution in [0.2, 0.25) is 0 Å². The molecular weight excluding hydrogens is 578 g/mol. The Labute approximate surface area is 270 Å². The number of carbonyl (C=O) groups excluding carboxylic acids is 2. The van der Waals surface area contributed by atoms with Crippen LogP contribution in [0.25, 0.3) is 0 Å². The third-order valence-corrected chi connectivity index (χ3v) is 13.7. The second-order valence-electron chi connectivity index (χ2n) is 15.1. The smallest absolute Gasteiger partial charge is 0.238 e. The first-order chi connectivity index (χ1) is 22.4. The van der Waals surface area contributed by atoms with Gasteiger partial charge >= 0.3 is 0 Å². The van der Waals surface area contributed by atoms with Crippen molar-refractivity contribution in [2.75, 3.05) is 32.0 Å². The fourth-order valence-electron chi connectivity index (χ4n) is 11.8. The predicted molar refractivity (Wildman–Crippen MR) is 172 cm³/mol. The predicted octanol–water partition coefficient (Wildman–Crippen LogP) is 6.62. The van der Waals surface area contributed by atoms with E-state index >= 15 is 0 Å². The lowest BCUT2D eigenvalue weighted by Gasteiger charge is -2.69. The van der Waals surface area contributed by atoms with Crippen molar-refractivity contribution in [1.29, 1.82) is 0 Å². The summed E-state index contributed by atoms with van der Waals surface area (Å²) in [6.07, 6.45) is 11.3. The van der Waals surface area contributed by atoms with E-state index in [1.54, 1.807) is 7.11 Å². The molecule has 4 fully saturated rings. The van der Waals surface area contributed by atoms with Crippen LogP contribution in [-0.4, -0.2) is 44.5 Å². The van der Waals surface area contributed by atoms with Gasteiger partial charge in [0.05, 0.1) is 55.5 Å². The zero-order chi connectivity index (χ0) is 31.3. The number of hydrogen-bond acceptors (Lipinski definition) is 6. The first-order valence-corrected chi connectivity index (χ1v) is 17.2. The summed E-state index contributed by atoms with van der Waals surface area (Å²) in [7, 11) is 1.68. The van der Waals surface area contributed by atoms with E-state index in [9.17, 15) is 9.59 Å². The number of amides is 2. The van der Waals surface area contributed by atoms with Gasteiger partial charge in [-0.15, -0.1) is 0 Å². The lowest BCUT2D eigenvalue weighted by molar-refractivity contribution is -0.260. The van der Waals surface area contributed by atoms with Gasteiger partial charge in [-0.1, -0.05) is 60.6 Å². The second kappa shape index (κ2) is 10.1. The lowest BCUT2D eigenvalue weighted by atomic mass is 9.35. The number of allylic oxidation sites excluding steroid dienone is 2. The minimum atomic E-state index is -0.393. The molecule has 10 rings (SSSR count). The largest absolute Gasteiger partial charge is 0.497 e. The van der Waals surface area contributed by atoms with Crippen LogP contribution < -0.4 is 9.64 Å². The topological polar surface area (TPSA) is 74.3 Å². The number of ether oxygens (including phenoxy) is 4. The molecule has 46 heavy (non-hydrogen) atoms. The summed E-state index contributed by atoms with van der Waals surface area (Å²) in [6.45, 7) is 4.52. The van der Waals surface area contributed by atoms with Crippen molar-refractivity contribution < 1.29 is 28.5 Å². The van der Waals surface area contributed by atoms with Gasteiger partial charge in [0.15, 0.2) is 0 Å². The van der Waals surface area contributed by atoms with E-state index in [0.29, 0.717) is 38.2 Å². The highest BCUT2D eigenvalue weighted by atomic mass is 16.7. The molecule has 240 valence electrons. The van der Waals surface area contributed by atoms with Gasteiger partial charge in [-0.05, 0) is 92.0 Å². The maximum atomic E-state index is 14.8. The maximum Gasteiger partial charge on any atom is 0.238 e. The molecule has 8 aliphatic rings. The number of methoxy groups -OCH3 is 1. The summed E-state index contributed by atoms with van der Waals surface area (Å²) in [4.78, 5) is 31.0. The second-order valence-corrected chi connectivity index (χ2v) is 15.1. The summed E-state index contributed by atoms with van der Waals surface area (Å²) in [5.74, 6) is 0.353. The van der Waals surface area contributed by atoms with Gasteiger partial charge in [-0.2, -0.15) is 0 Å². The molecule has 2 aliphatic heterocycles. The minimum Gasteiger partial charge on any atom is -0.497 e. The maximum absolute atomic E-state index is 14.8. The minimum absolute atomic E-state index is 0.00635. The van der Waals surface area contributed by atoms with E-state index in [0.717, 1.165) is 56.3 Å². The molecule has 2 aromatic rings. The number of benzene rings is 2. The van der Waals surface area contributed by atoms with Gasteiger partial charge in [-0.3, -0.25) is 14.5 Å². The van der Waals surface area contributed by atoms with Crippen LogP contribution in [0.1, 0.15) is 57.4 Å². The number of para-hydroxylation sites is 1. The molecule has 0 radical (unpaired) electrons. The Bertz CT molecular complexity index is 1650. The fraction of sp³-hybridized carbons (Fsp3) is 0.538. The molecule has 0 unspecified atom stereocenters. The van der Waals surface area contributed by atoms with Crippen LogP contribution in [-0.2, 0) is 30.4 Å². The molecule has 2 saturated carbocycles. The summed E-state index contributed by atoms with van der Waals surface area (Å²) < 4.78 is 24.6. The molecule has 0 N–H and O–H groups in total. The highest BCUT2D eigenvalue weighted by Gasteiger charge is 2.79. The third kappa shape index (κ3) is 3.49. The highest BCUT2D eigenvalue weighted by Crippen LogP contribution is 2.80. The molecule has 7 nitrogen and oxygen atoms in total. The average molecular weight is 622 g/mol. The van der Waals surface area contributed by atoms with Crippen LogP contribution in [0.5, 0.6) is 5.75 Å². The first kappa shape index (κ1) is 28.9. The Hall–Kier alpha value is -3.26. The quantitative estimate of drug-likeness (QED) is 0.267. The van der Waals surface area contributed by atoms with Crippen molar-refractivity contribution in [2.24, 2.45) is 39.9 Å². The molecule has 8 atom stereocenters. The number of rotatable bonds is 6. The van der Waals surface area contributed by atoms with E-state index in [4.69, 9.17) is 18.9 Å². The number of imide groups is 1. The Morgan fingerprint density at radius 1 is 1.00 bits per heavy atom. The lowest BCUT2D eigenvalue weighted by Crippen LogP contribution is -2.68. The van der Waals surface area contributed by atoms with E-state index in [-0.39, 0.29) is 46.0 Å². The van der Waals surface area contributed by atoms with Crippen LogP contribution >= 0.6 is 0 Å². The molecule has 0 aromatic heterocycles. The number of hydrogen-bond donors (Lipinski definition) is 0. The Balaban J connectivity index is 1.15. The summed E-state index contributed by atoms with van der Waals surface area (Å²) in [5, 5.41) is 0. The molecule has 2 saturated heterocycles. The van der Waals surface area contributed by atoms with Crippen molar-refractivity contribution in [1.82, 2.24) is 0 Å². The summed E-state index contributed by atoms with van der Waals surface area (Å²) in [5.41, 5.74) is 3.42. The van der Waals surface area contributed by atoms with Crippen LogP contribution in [0.3, 0.4) is 0 Å². The van der Waals surface area contributed by atoms with E-state index < -0.39 is 5.41 Å². The van der Waals surface area contributed by atoms with Gasteiger partial charge < -0.3 is 18.9 Å². The normalized spacial score (nSPS) is 40.3. The van der Waals surface area contributed by atoms with E-state index in [1.165, 1.54) is 16.0 Å². The highest BCUT2D eigenvalue weighted by molar-refractivity contribution is 6.23. The zero-order valence-corrected chi connectivity index (χ0v) is 26.8. The molecular formula is C39H43NO6. The first-order valence-electron chi connectivity index (χ1n) is 17.2. The van der Waals surface area contributed by atoms with Crippen molar-refractivity contribution in [3.63, 3.8) is 0 Å². The molecule has 7 heteroatoms.